The number of aryl methyl sites for hydroxylation is 1. The van der Waals surface area contributed by atoms with Gasteiger partial charge in [-0.1, -0.05) is 91.0 Å². The molecular weight excluding hydrogens is 710 g/mol. The molecule has 1 aromatic heterocycles. The number of likely N-dealkylation sites (N-methyl/N-ethyl adjacent to an activating group) is 1. The molecule has 0 radical (unpaired) electrons. The Bertz CT molecular complexity index is 1860. The fraction of sp³-hybridized carbons (Fsp3) is 0.343. The predicted molar refractivity (Wildman–Crippen MR) is 186 cm³/mol. The molecule has 3 aromatic carbocycles. The summed E-state index contributed by atoms with van der Waals surface area (Å²) in [5.74, 6) is -2.10. The first-order valence-corrected chi connectivity index (χ1v) is 18.6. The number of aromatic nitrogens is 2. The number of benzene rings is 3. The number of carbonyl (C=O) groups excluding carboxylic acids is 1. The summed E-state index contributed by atoms with van der Waals surface area (Å²) in [6, 6.07) is 29.3. The van der Waals surface area contributed by atoms with Crippen molar-refractivity contribution in [2.45, 2.75) is 37.4 Å². The highest BCUT2D eigenvalue weighted by molar-refractivity contribution is 7.82. The molecule has 0 bridgehead atoms. The number of rotatable bonds is 12. The Hall–Kier alpha value is -4.04. The molecule has 3 atom stereocenters. The van der Waals surface area contributed by atoms with Gasteiger partial charge in [-0.15, -0.1) is 0 Å². The van der Waals surface area contributed by atoms with Crippen molar-refractivity contribution < 1.29 is 32.2 Å². The average molecular weight is 748 g/mol. The maximum atomic E-state index is 13.2. The average Bonchev–Trinajstić information content (AvgIpc) is 3.10. The monoisotopic (exact) mass is 747 g/mol. The van der Waals surface area contributed by atoms with Crippen molar-refractivity contribution in [1.29, 1.82) is 0 Å². The molecule has 1 fully saturated rings. The summed E-state index contributed by atoms with van der Waals surface area (Å²) >= 11 is 5.87. The third-order valence-electron chi connectivity index (χ3n) is 9.00. The molecule has 51 heavy (non-hydrogen) atoms. The number of nitrogens with zero attached hydrogens (tertiary/aromatic N) is 4. The number of halogens is 4. The van der Waals surface area contributed by atoms with Crippen LogP contribution in [0.3, 0.4) is 0 Å². The summed E-state index contributed by atoms with van der Waals surface area (Å²) in [4.78, 5) is 52.5. The van der Waals surface area contributed by atoms with Gasteiger partial charge in [0.05, 0.1) is 11.6 Å². The van der Waals surface area contributed by atoms with Crippen molar-refractivity contribution >= 4 is 24.0 Å². The molecule has 272 valence electrons. The van der Waals surface area contributed by atoms with Crippen molar-refractivity contribution in [1.82, 2.24) is 24.0 Å². The van der Waals surface area contributed by atoms with E-state index in [4.69, 9.17) is 16.0 Å². The van der Waals surface area contributed by atoms with Crippen LogP contribution in [0.15, 0.2) is 107 Å². The van der Waals surface area contributed by atoms with E-state index < -0.39 is 61.2 Å². The molecule has 5 rings (SSSR count). The predicted octanol–water partition coefficient (Wildman–Crippen LogP) is 5.09. The van der Waals surface area contributed by atoms with Crippen LogP contribution in [0.5, 0.6) is 0 Å². The number of nitrogens with one attached hydrogen (secondary N) is 1. The van der Waals surface area contributed by atoms with Gasteiger partial charge in [-0.25, -0.2) is 9.46 Å². The largest absolute Gasteiger partial charge is 0.471 e. The maximum absolute atomic E-state index is 13.2. The van der Waals surface area contributed by atoms with E-state index in [0.717, 1.165) is 28.4 Å². The molecule has 11 nitrogen and oxygen atoms in total. The Morgan fingerprint density at radius 2 is 1.43 bits per heavy atom. The van der Waals surface area contributed by atoms with E-state index in [1.54, 1.807) is 6.92 Å². The zero-order valence-electron chi connectivity index (χ0n) is 27.9. The van der Waals surface area contributed by atoms with Gasteiger partial charge in [0, 0.05) is 51.5 Å². The first kappa shape index (κ1) is 38.2. The normalized spacial score (nSPS) is 18.4. The molecule has 1 unspecified atom stereocenters. The van der Waals surface area contributed by atoms with Crippen LogP contribution in [0.2, 0.25) is 0 Å². The minimum atomic E-state index is -5.11. The number of amides is 1. The third-order valence-corrected chi connectivity index (χ3v) is 10.7. The van der Waals surface area contributed by atoms with Crippen LogP contribution < -0.4 is 11.2 Å². The lowest BCUT2D eigenvalue weighted by molar-refractivity contribution is -0.184. The highest BCUT2D eigenvalue weighted by Crippen LogP contribution is 2.51. The van der Waals surface area contributed by atoms with Crippen LogP contribution in [0.4, 0.5) is 13.2 Å². The van der Waals surface area contributed by atoms with Crippen LogP contribution in [0, 0.1) is 6.92 Å². The summed E-state index contributed by atoms with van der Waals surface area (Å²) in [6.07, 6.45) is -5.34. The lowest BCUT2D eigenvalue weighted by Crippen LogP contribution is -2.57. The number of aromatic amines is 1. The molecule has 0 aliphatic carbocycles. The minimum Gasteiger partial charge on any atom is -0.352 e. The fourth-order valence-electron chi connectivity index (χ4n) is 6.52. The highest BCUT2D eigenvalue weighted by atomic mass is 35.7. The molecule has 4 aromatic rings. The van der Waals surface area contributed by atoms with Crippen molar-refractivity contribution in [2.75, 3.05) is 39.8 Å². The van der Waals surface area contributed by atoms with E-state index in [2.05, 4.69) is 9.88 Å². The second kappa shape index (κ2) is 15.7. The summed E-state index contributed by atoms with van der Waals surface area (Å²) in [5.41, 5.74) is 0.812. The van der Waals surface area contributed by atoms with Crippen LogP contribution in [-0.4, -0.2) is 86.9 Å². The zero-order chi connectivity index (χ0) is 37.0. The third kappa shape index (κ3) is 8.54. The van der Waals surface area contributed by atoms with Crippen molar-refractivity contribution in [3.8, 4) is 0 Å². The second-order valence-electron chi connectivity index (χ2n) is 12.3. The quantitative estimate of drug-likeness (QED) is 0.152. The highest BCUT2D eigenvalue weighted by Gasteiger charge is 2.47. The number of H-pyrrole nitrogens is 1. The molecule has 1 aliphatic rings. The topological polar surface area (TPSA) is 128 Å². The van der Waals surface area contributed by atoms with Gasteiger partial charge < -0.3 is 14.5 Å². The Kier molecular flexibility index (Phi) is 11.7. The molecule has 1 aliphatic heterocycles. The van der Waals surface area contributed by atoms with Crippen molar-refractivity contribution in [3.63, 3.8) is 0 Å². The molecule has 16 heteroatoms. The number of alkyl halides is 3. The Morgan fingerprint density at radius 1 is 0.922 bits per heavy atom. The van der Waals surface area contributed by atoms with E-state index in [1.165, 1.54) is 10.8 Å². The smallest absolute Gasteiger partial charge is 0.352 e. The summed E-state index contributed by atoms with van der Waals surface area (Å²) in [6.45, 7) is -3.75. The number of ether oxygens (including phenoxy) is 1. The van der Waals surface area contributed by atoms with Gasteiger partial charge in [0.15, 0.2) is 6.23 Å². The minimum absolute atomic E-state index is 0.0483. The van der Waals surface area contributed by atoms with Crippen LogP contribution in [-0.2, 0) is 19.6 Å². The standard InChI is InChI=1S/C35H38ClF3N5O6P/c1-25-22-44(33(47)40-31(25)45)30-24-42(23-29(50-30)18-19-43(51(36,48)49)21-20-41(2)32(46)35(37,38)39)34(26-12-6-3-7-13-26,27-14-8-4-9-15-27)28-16-10-5-11-17-28/h3-17,22,29-30H,18-21,23-24H2,1-2H3,(H,48,49)(H,40,45,47)/t29-,30+/m0/s1. The van der Waals surface area contributed by atoms with Gasteiger partial charge in [0.25, 0.3) is 5.56 Å². The molecular formula is C35H38ClF3N5O6P. The maximum Gasteiger partial charge on any atom is 0.471 e. The zero-order valence-corrected chi connectivity index (χ0v) is 29.5. The number of hydrogen-bond acceptors (Lipinski definition) is 6. The van der Waals surface area contributed by atoms with Gasteiger partial charge in [0.1, 0.15) is 0 Å². The van der Waals surface area contributed by atoms with Gasteiger partial charge in [-0.3, -0.25) is 28.6 Å². The van der Waals surface area contributed by atoms with Crippen LogP contribution in [0.25, 0.3) is 0 Å². The lowest BCUT2D eigenvalue weighted by atomic mass is 9.75. The van der Waals surface area contributed by atoms with E-state index in [1.807, 2.05) is 91.0 Å². The Balaban J connectivity index is 1.58. The SMILES string of the molecule is Cc1cn([C@H]2CN(C(c3ccccc3)(c3ccccc3)c3ccccc3)C[C@H](CCN(CCN(C)C(=O)C(F)(F)F)P(=O)(O)Cl)O2)c(=O)[nH]c1=O. The van der Waals surface area contributed by atoms with E-state index in [0.29, 0.717) is 4.90 Å². The fourth-order valence-corrected chi connectivity index (χ4v) is 7.68. The van der Waals surface area contributed by atoms with E-state index in [9.17, 15) is 37.0 Å². The van der Waals surface area contributed by atoms with E-state index in [-0.39, 0.29) is 31.6 Å². The Labute approximate surface area is 297 Å². The second-order valence-corrected chi connectivity index (χ2v) is 15.2. The molecule has 0 spiro atoms. The van der Waals surface area contributed by atoms with Crippen molar-refractivity contribution in [2.24, 2.45) is 0 Å². The summed E-state index contributed by atoms with van der Waals surface area (Å²) in [7, 11) is 0.942. The molecule has 1 saturated heterocycles. The number of carbonyl (C=O) groups is 1. The first-order valence-electron chi connectivity index (χ1n) is 16.1. The molecule has 0 saturated carbocycles. The number of morpholine rings is 1. The van der Waals surface area contributed by atoms with E-state index >= 15 is 0 Å². The number of hydrogen-bond donors (Lipinski definition) is 2. The van der Waals surface area contributed by atoms with Crippen LogP contribution in [0.1, 0.15) is 34.9 Å². The molecule has 1 amide bonds. The van der Waals surface area contributed by atoms with Crippen LogP contribution >= 0.6 is 18.1 Å². The van der Waals surface area contributed by atoms with Gasteiger partial charge >= 0.3 is 24.6 Å². The summed E-state index contributed by atoms with van der Waals surface area (Å²) in [5, 5.41) is 0. The summed E-state index contributed by atoms with van der Waals surface area (Å²) < 4.78 is 60.5. The molecule has 2 N–H and O–H groups in total. The van der Waals surface area contributed by atoms with Crippen molar-refractivity contribution in [3.05, 3.63) is 140 Å². The lowest BCUT2D eigenvalue weighted by Gasteiger charge is -2.51. The molecule has 2 heterocycles. The van der Waals surface area contributed by atoms with Gasteiger partial charge in [0.2, 0.25) is 0 Å². The first-order chi connectivity index (χ1) is 24.1. The van der Waals surface area contributed by atoms with Gasteiger partial charge in [-0.2, -0.15) is 13.2 Å². The van der Waals surface area contributed by atoms with Gasteiger partial charge in [-0.05, 0) is 41.3 Å². The Morgan fingerprint density at radius 3 is 1.90 bits per heavy atom.